The fourth-order valence-corrected chi connectivity index (χ4v) is 2.45. The minimum Gasteiger partial charge on any atom is -0.325 e. The van der Waals surface area contributed by atoms with E-state index in [9.17, 15) is 0 Å². The van der Waals surface area contributed by atoms with Gasteiger partial charge in [0.15, 0.2) is 0 Å². The average molecular weight is 198 g/mol. The largest absolute Gasteiger partial charge is 0.325 e. The number of nitrogens with two attached hydrogens (primary N) is 1. The van der Waals surface area contributed by atoms with Gasteiger partial charge in [-0.25, -0.2) is 0 Å². The smallest absolute Gasteiger partial charge is 0.0166 e. The van der Waals surface area contributed by atoms with E-state index in [2.05, 4.69) is 18.7 Å². The maximum absolute atomic E-state index is 6.33. The molecular formula is C12H26N2. The molecular weight excluding hydrogens is 172 g/mol. The van der Waals surface area contributed by atoms with Gasteiger partial charge in [-0.2, -0.15) is 0 Å². The van der Waals surface area contributed by atoms with Crippen LogP contribution in [0.25, 0.3) is 0 Å². The van der Waals surface area contributed by atoms with Crippen molar-refractivity contribution in [3.8, 4) is 0 Å². The first kappa shape index (κ1) is 12.0. The zero-order valence-electron chi connectivity index (χ0n) is 9.89. The van der Waals surface area contributed by atoms with Gasteiger partial charge in [-0.3, -0.25) is 0 Å². The molecule has 0 heterocycles. The SMILES string of the molecule is CCCN(CC)CCC1(N)CCCC1. The van der Waals surface area contributed by atoms with E-state index in [0.717, 1.165) is 0 Å². The van der Waals surface area contributed by atoms with E-state index in [1.54, 1.807) is 0 Å². The van der Waals surface area contributed by atoms with Gasteiger partial charge in [0.25, 0.3) is 0 Å². The maximum Gasteiger partial charge on any atom is 0.0166 e. The van der Waals surface area contributed by atoms with Gasteiger partial charge in [0.1, 0.15) is 0 Å². The van der Waals surface area contributed by atoms with Crippen molar-refractivity contribution in [2.24, 2.45) is 5.73 Å². The first-order valence-corrected chi connectivity index (χ1v) is 6.21. The predicted molar refractivity (Wildman–Crippen MR) is 62.4 cm³/mol. The molecule has 1 saturated carbocycles. The Bertz CT molecular complexity index is 150. The van der Waals surface area contributed by atoms with Crippen molar-refractivity contribution in [3.63, 3.8) is 0 Å². The van der Waals surface area contributed by atoms with Crippen LogP contribution in [-0.4, -0.2) is 30.1 Å². The van der Waals surface area contributed by atoms with E-state index in [-0.39, 0.29) is 5.54 Å². The third-order valence-corrected chi connectivity index (χ3v) is 3.51. The van der Waals surface area contributed by atoms with Crippen LogP contribution in [0.15, 0.2) is 0 Å². The molecule has 0 saturated heterocycles. The molecule has 0 atom stereocenters. The lowest BCUT2D eigenvalue weighted by molar-refractivity contribution is 0.249. The summed E-state index contributed by atoms with van der Waals surface area (Å²) >= 11 is 0. The molecule has 2 nitrogen and oxygen atoms in total. The Hall–Kier alpha value is -0.0800. The number of nitrogens with zero attached hydrogens (tertiary/aromatic N) is 1. The standard InChI is InChI=1S/C12H26N2/c1-3-10-14(4-2)11-9-12(13)7-5-6-8-12/h3-11,13H2,1-2H3. The Morgan fingerprint density at radius 2 is 1.79 bits per heavy atom. The van der Waals surface area contributed by atoms with Gasteiger partial charge < -0.3 is 10.6 Å². The van der Waals surface area contributed by atoms with Crippen molar-refractivity contribution in [1.29, 1.82) is 0 Å². The van der Waals surface area contributed by atoms with Gasteiger partial charge in [-0.05, 0) is 45.3 Å². The van der Waals surface area contributed by atoms with Crippen LogP contribution in [0.1, 0.15) is 52.4 Å². The molecule has 1 aliphatic rings. The highest BCUT2D eigenvalue weighted by Crippen LogP contribution is 2.30. The Balaban J connectivity index is 2.23. The van der Waals surface area contributed by atoms with Crippen molar-refractivity contribution in [2.45, 2.75) is 57.9 Å². The van der Waals surface area contributed by atoms with E-state index < -0.39 is 0 Å². The van der Waals surface area contributed by atoms with Gasteiger partial charge in [-0.1, -0.05) is 26.7 Å². The molecule has 0 aliphatic heterocycles. The topological polar surface area (TPSA) is 29.3 Å². The monoisotopic (exact) mass is 198 g/mol. The van der Waals surface area contributed by atoms with Gasteiger partial charge in [0.05, 0.1) is 0 Å². The Kier molecular flexibility index (Phi) is 4.90. The van der Waals surface area contributed by atoms with Gasteiger partial charge in [0.2, 0.25) is 0 Å². The molecule has 84 valence electrons. The van der Waals surface area contributed by atoms with Crippen LogP contribution in [0.3, 0.4) is 0 Å². The summed E-state index contributed by atoms with van der Waals surface area (Å²) in [6.45, 7) is 8.08. The lowest BCUT2D eigenvalue weighted by Crippen LogP contribution is -2.40. The minimum atomic E-state index is 0.182. The molecule has 1 rings (SSSR count). The van der Waals surface area contributed by atoms with Crippen molar-refractivity contribution >= 4 is 0 Å². The molecule has 14 heavy (non-hydrogen) atoms. The summed E-state index contributed by atoms with van der Waals surface area (Å²) in [5.41, 5.74) is 6.51. The second-order valence-corrected chi connectivity index (χ2v) is 4.75. The highest BCUT2D eigenvalue weighted by atomic mass is 15.1. The van der Waals surface area contributed by atoms with Crippen LogP contribution in [0.4, 0.5) is 0 Å². The van der Waals surface area contributed by atoms with Crippen LogP contribution < -0.4 is 5.73 Å². The second-order valence-electron chi connectivity index (χ2n) is 4.75. The lowest BCUT2D eigenvalue weighted by atomic mass is 9.94. The molecule has 0 aromatic rings. The summed E-state index contributed by atoms with van der Waals surface area (Å²) in [5, 5.41) is 0. The van der Waals surface area contributed by atoms with Crippen LogP contribution in [0.2, 0.25) is 0 Å². The van der Waals surface area contributed by atoms with Gasteiger partial charge in [-0.15, -0.1) is 0 Å². The molecule has 1 fully saturated rings. The minimum absolute atomic E-state index is 0.182. The molecule has 1 aliphatic carbocycles. The van der Waals surface area contributed by atoms with Gasteiger partial charge >= 0.3 is 0 Å². The summed E-state index contributed by atoms with van der Waals surface area (Å²) < 4.78 is 0. The highest BCUT2D eigenvalue weighted by Gasteiger charge is 2.28. The fraction of sp³-hybridized carbons (Fsp3) is 1.00. The molecule has 0 aromatic heterocycles. The zero-order chi connectivity index (χ0) is 10.4. The third-order valence-electron chi connectivity index (χ3n) is 3.51. The van der Waals surface area contributed by atoms with Gasteiger partial charge in [0, 0.05) is 5.54 Å². The number of hydrogen-bond acceptors (Lipinski definition) is 2. The molecule has 0 radical (unpaired) electrons. The molecule has 0 aromatic carbocycles. The van der Waals surface area contributed by atoms with E-state index in [1.807, 2.05) is 0 Å². The van der Waals surface area contributed by atoms with E-state index in [0.29, 0.717) is 0 Å². The average Bonchev–Trinajstić information content (AvgIpc) is 2.60. The zero-order valence-corrected chi connectivity index (χ0v) is 9.89. The van der Waals surface area contributed by atoms with E-state index in [1.165, 1.54) is 58.2 Å². The van der Waals surface area contributed by atoms with E-state index in [4.69, 9.17) is 5.73 Å². The molecule has 0 amide bonds. The molecule has 0 bridgehead atoms. The first-order valence-electron chi connectivity index (χ1n) is 6.21. The van der Waals surface area contributed by atoms with Crippen molar-refractivity contribution in [3.05, 3.63) is 0 Å². The van der Waals surface area contributed by atoms with E-state index >= 15 is 0 Å². The number of hydrogen-bond donors (Lipinski definition) is 1. The lowest BCUT2D eigenvalue weighted by Gasteiger charge is -2.28. The third kappa shape index (κ3) is 3.58. The molecule has 0 unspecified atom stereocenters. The highest BCUT2D eigenvalue weighted by molar-refractivity contribution is 4.89. The van der Waals surface area contributed by atoms with Crippen molar-refractivity contribution < 1.29 is 0 Å². The van der Waals surface area contributed by atoms with Crippen LogP contribution in [0.5, 0.6) is 0 Å². The summed E-state index contributed by atoms with van der Waals surface area (Å²) in [5.74, 6) is 0. The molecule has 2 N–H and O–H groups in total. The normalized spacial score (nSPS) is 20.6. The maximum atomic E-state index is 6.33. The Morgan fingerprint density at radius 3 is 2.29 bits per heavy atom. The summed E-state index contributed by atoms with van der Waals surface area (Å²) in [6.07, 6.45) is 7.63. The predicted octanol–water partition coefficient (Wildman–Crippen LogP) is 2.38. The fourth-order valence-electron chi connectivity index (χ4n) is 2.45. The Morgan fingerprint density at radius 1 is 1.14 bits per heavy atom. The summed E-state index contributed by atoms with van der Waals surface area (Å²) in [6, 6.07) is 0. The van der Waals surface area contributed by atoms with Crippen LogP contribution in [-0.2, 0) is 0 Å². The Labute approximate surface area is 88.8 Å². The van der Waals surface area contributed by atoms with Crippen LogP contribution in [0, 0.1) is 0 Å². The summed E-state index contributed by atoms with van der Waals surface area (Å²) in [7, 11) is 0. The molecule has 2 heteroatoms. The quantitative estimate of drug-likeness (QED) is 0.710. The second kappa shape index (κ2) is 5.72. The molecule has 0 spiro atoms. The number of rotatable bonds is 6. The van der Waals surface area contributed by atoms with Crippen LogP contribution >= 0.6 is 0 Å². The van der Waals surface area contributed by atoms with Crippen molar-refractivity contribution in [1.82, 2.24) is 4.90 Å². The first-order chi connectivity index (χ1) is 6.70. The van der Waals surface area contributed by atoms with Crippen molar-refractivity contribution in [2.75, 3.05) is 19.6 Å². The summed E-state index contributed by atoms with van der Waals surface area (Å²) in [4.78, 5) is 2.52.